The van der Waals surface area contributed by atoms with Gasteiger partial charge < -0.3 is 25.1 Å². The number of nitrogens with one attached hydrogen (secondary N) is 3. The van der Waals surface area contributed by atoms with Gasteiger partial charge in [0.2, 0.25) is 5.91 Å². The Morgan fingerprint density at radius 3 is 2.59 bits per heavy atom. The number of hydrogen-bond donors (Lipinski definition) is 3. The monoisotopic (exact) mass is 469 g/mol. The van der Waals surface area contributed by atoms with Gasteiger partial charge in [0.05, 0.1) is 13.2 Å². The van der Waals surface area contributed by atoms with Gasteiger partial charge >= 0.3 is 0 Å². The number of ketones is 1. The highest BCUT2D eigenvalue weighted by Gasteiger charge is 2.30. The number of ether oxygens (including phenoxy) is 1. The molecule has 1 aromatic heterocycles. The van der Waals surface area contributed by atoms with Crippen molar-refractivity contribution in [2.45, 2.75) is 52.5 Å². The lowest BCUT2D eigenvalue weighted by atomic mass is 9.80. The van der Waals surface area contributed by atoms with Crippen LogP contribution in [0.2, 0.25) is 0 Å². The number of hydrogen-bond acceptors (Lipinski definition) is 5. The molecule has 3 rings (SSSR count). The molecule has 8 nitrogen and oxygen atoms in total. The predicted molar refractivity (Wildman–Crippen MR) is 130 cm³/mol. The van der Waals surface area contributed by atoms with E-state index in [1.165, 1.54) is 6.92 Å². The van der Waals surface area contributed by atoms with Crippen molar-refractivity contribution < 1.29 is 23.9 Å². The molecule has 1 aliphatic heterocycles. The molecule has 1 aromatic carbocycles. The molecule has 2 unspecified atom stereocenters. The lowest BCUT2D eigenvalue weighted by Crippen LogP contribution is -2.41. The summed E-state index contributed by atoms with van der Waals surface area (Å²) >= 11 is 0. The van der Waals surface area contributed by atoms with Crippen molar-refractivity contribution in [2.24, 2.45) is 23.7 Å². The maximum atomic E-state index is 12.9. The third-order valence-corrected chi connectivity index (χ3v) is 7.08. The number of amides is 2. The van der Waals surface area contributed by atoms with E-state index < -0.39 is 6.04 Å². The average Bonchev–Trinajstić information content (AvgIpc) is 3.43. The fourth-order valence-electron chi connectivity index (χ4n) is 4.75. The van der Waals surface area contributed by atoms with E-state index >= 15 is 0 Å². The third-order valence-electron chi connectivity index (χ3n) is 7.08. The first kappa shape index (κ1) is 25.5. The molecule has 1 saturated heterocycles. The van der Waals surface area contributed by atoms with Gasteiger partial charge in [-0.25, -0.2) is 0 Å². The minimum absolute atomic E-state index is 0.0292. The zero-order valence-electron chi connectivity index (χ0n) is 20.4. The van der Waals surface area contributed by atoms with Crippen LogP contribution in [0.5, 0.6) is 5.75 Å². The maximum Gasteiger partial charge on any atom is 0.268 e. The van der Waals surface area contributed by atoms with Crippen LogP contribution in [0.25, 0.3) is 10.9 Å². The summed E-state index contributed by atoms with van der Waals surface area (Å²) in [5, 5.41) is 6.48. The molecule has 3 N–H and O–H groups in total. The smallest absolute Gasteiger partial charge is 0.268 e. The van der Waals surface area contributed by atoms with Crippen molar-refractivity contribution in [1.29, 1.82) is 0 Å². The Hall–Kier alpha value is -3.16. The van der Waals surface area contributed by atoms with Crippen LogP contribution in [0.15, 0.2) is 24.3 Å². The van der Waals surface area contributed by atoms with Crippen LogP contribution < -0.4 is 15.4 Å². The second kappa shape index (κ2) is 11.3. The van der Waals surface area contributed by atoms with Gasteiger partial charge in [-0.2, -0.15) is 0 Å². The van der Waals surface area contributed by atoms with E-state index in [0.717, 1.165) is 23.6 Å². The normalized spacial score (nSPS) is 19.2. The molecule has 2 aromatic rings. The Labute approximate surface area is 200 Å². The van der Waals surface area contributed by atoms with Crippen LogP contribution in [0, 0.1) is 23.7 Å². The Kier molecular flexibility index (Phi) is 8.47. The van der Waals surface area contributed by atoms with Crippen molar-refractivity contribution in [3.63, 3.8) is 0 Å². The molecule has 1 aliphatic rings. The summed E-state index contributed by atoms with van der Waals surface area (Å²) in [7, 11) is 1.58. The van der Waals surface area contributed by atoms with Gasteiger partial charge in [-0.05, 0) is 62.6 Å². The summed E-state index contributed by atoms with van der Waals surface area (Å²) in [6.07, 6.45) is 3.40. The Balaban J connectivity index is 1.61. The van der Waals surface area contributed by atoms with Crippen LogP contribution in [-0.4, -0.2) is 48.6 Å². The SMILES string of the molecule is COc1cccc2[nH]c(C(=O)N[C@@H](CC(C)C(C)C[C@H](C=O)C[C@@H]3CCNC3=O)C(C)=O)cc12. The number of Topliss-reactive ketones (excluding diaryl/α,β-unsaturated/α-hetero) is 1. The second-order valence-corrected chi connectivity index (χ2v) is 9.58. The van der Waals surface area contributed by atoms with Gasteiger partial charge in [-0.1, -0.05) is 19.9 Å². The molecular weight excluding hydrogens is 434 g/mol. The molecule has 0 spiro atoms. The zero-order chi connectivity index (χ0) is 24.8. The molecule has 0 aliphatic carbocycles. The molecular formula is C26H35N3O5. The van der Waals surface area contributed by atoms with Gasteiger partial charge in [-0.3, -0.25) is 14.4 Å². The first-order chi connectivity index (χ1) is 16.2. The standard InChI is InChI=1S/C26H35N3O5/c1-15(10-18(14-30)12-19-8-9-27-25(19)32)16(2)11-22(17(3)31)29-26(33)23-13-20-21(28-23)6-5-7-24(20)34-4/h5-7,13-16,18-19,22,28H,8-12H2,1-4H3,(H,27,32)(H,29,33)/t15?,16?,18-,19-,22-/m0/s1. The van der Waals surface area contributed by atoms with Crippen molar-refractivity contribution in [1.82, 2.24) is 15.6 Å². The molecule has 184 valence electrons. The number of rotatable bonds is 12. The van der Waals surface area contributed by atoms with E-state index in [1.54, 1.807) is 13.2 Å². The first-order valence-corrected chi connectivity index (χ1v) is 11.9. The maximum absolute atomic E-state index is 12.9. The van der Waals surface area contributed by atoms with E-state index in [1.807, 2.05) is 25.1 Å². The zero-order valence-corrected chi connectivity index (χ0v) is 20.4. The molecule has 5 atom stereocenters. The lowest BCUT2D eigenvalue weighted by molar-refractivity contribution is -0.123. The molecule has 34 heavy (non-hydrogen) atoms. The summed E-state index contributed by atoms with van der Waals surface area (Å²) in [6.45, 7) is 6.23. The quantitative estimate of drug-likeness (QED) is 0.413. The molecule has 2 amide bonds. The van der Waals surface area contributed by atoms with E-state index in [2.05, 4.69) is 22.5 Å². The van der Waals surface area contributed by atoms with Crippen LogP contribution in [0.4, 0.5) is 0 Å². The van der Waals surface area contributed by atoms with Gasteiger partial charge in [0.15, 0.2) is 5.78 Å². The fourth-order valence-corrected chi connectivity index (χ4v) is 4.75. The number of H-pyrrole nitrogens is 1. The average molecular weight is 470 g/mol. The largest absolute Gasteiger partial charge is 0.496 e. The number of benzene rings is 1. The van der Waals surface area contributed by atoms with Crippen molar-refractivity contribution >= 4 is 34.8 Å². The van der Waals surface area contributed by atoms with E-state index in [-0.39, 0.29) is 41.3 Å². The third kappa shape index (κ3) is 6.04. The summed E-state index contributed by atoms with van der Waals surface area (Å²) < 4.78 is 5.35. The van der Waals surface area contributed by atoms with Crippen molar-refractivity contribution in [3.8, 4) is 5.75 Å². The first-order valence-electron chi connectivity index (χ1n) is 11.9. The summed E-state index contributed by atoms with van der Waals surface area (Å²) in [5.74, 6) is 0.175. The van der Waals surface area contributed by atoms with Gasteiger partial charge in [0, 0.05) is 29.3 Å². The highest BCUT2D eigenvalue weighted by molar-refractivity contribution is 6.01. The number of methoxy groups -OCH3 is 1. The fraction of sp³-hybridized carbons (Fsp3) is 0.538. The molecule has 8 heteroatoms. The van der Waals surface area contributed by atoms with E-state index in [4.69, 9.17) is 4.74 Å². The van der Waals surface area contributed by atoms with Crippen LogP contribution >= 0.6 is 0 Å². The van der Waals surface area contributed by atoms with E-state index in [9.17, 15) is 19.2 Å². The van der Waals surface area contributed by atoms with E-state index in [0.29, 0.717) is 37.3 Å². The number of aromatic nitrogens is 1. The number of fused-ring (bicyclic) bond motifs is 1. The van der Waals surface area contributed by atoms with Gasteiger partial charge in [-0.15, -0.1) is 0 Å². The summed E-state index contributed by atoms with van der Waals surface area (Å²) in [5.41, 5.74) is 1.14. The highest BCUT2D eigenvalue weighted by atomic mass is 16.5. The molecule has 0 saturated carbocycles. The Morgan fingerprint density at radius 2 is 1.97 bits per heavy atom. The number of aromatic amines is 1. The minimum atomic E-state index is -0.631. The number of aldehydes is 1. The van der Waals surface area contributed by atoms with Crippen LogP contribution in [0.1, 0.15) is 56.9 Å². The molecule has 0 radical (unpaired) electrons. The van der Waals surface area contributed by atoms with Gasteiger partial charge in [0.25, 0.3) is 5.91 Å². The molecule has 2 heterocycles. The van der Waals surface area contributed by atoms with Crippen molar-refractivity contribution in [2.75, 3.05) is 13.7 Å². The predicted octanol–water partition coefficient (Wildman–Crippen LogP) is 3.26. The minimum Gasteiger partial charge on any atom is -0.496 e. The summed E-state index contributed by atoms with van der Waals surface area (Å²) in [4.78, 5) is 51.9. The lowest BCUT2D eigenvalue weighted by Gasteiger charge is -2.26. The number of carbonyl (C=O) groups is 4. The van der Waals surface area contributed by atoms with Crippen molar-refractivity contribution in [3.05, 3.63) is 30.0 Å². The Bertz CT molecular complexity index is 1050. The summed E-state index contributed by atoms with van der Waals surface area (Å²) in [6, 6.07) is 6.62. The van der Waals surface area contributed by atoms with Crippen LogP contribution in [0.3, 0.4) is 0 Å². The molecule has 1 fully saturated rings. The highest BCUT2D eigenvalue weighted by Crippen LogP contribution is 2.29. The second-order valence-electron chi connectivity index (χ2n) is 9.58. The Morgan fingerprint density at radius 1 is 1.24 bits per heavy atom. The number of carbonyl (C=O) groups excluding carboxylic acids is 4. The van der Waals surface area contributed by atoms with Gasteiger partial charge in [0.1, 0.15) is 17.7 Å². The topological polar surface area (TPSA) is 117 Å². The van der Waals surface area contributed by atoms with Crippen LogP contribution in [-0.2, 0) is 14.4 Å². The molecule has 0 bridgehead atoms.